The number of halogens is 3. The predicted molar refractivity (Wildman–Crippen MR) is 36.5 cm³/mol. The molecule has 5 heteroatoms. The van der Waals surface area contributed by atoms with Gasteiger partial charge in [-0.05, 0) is 12.1 Å². The first-order valence-corrected chi connectivity index (χ1v) is 3.12. The lowest BCUT2D eigenvalue weighted by Gasteiger charge is -2.06. The Balaban J connectivity index is 3.14. The quantitative estimate of drug-likeness (QED) is 0.655. The Morgan fingerprint density at radius 3 is 2.73 bits per heavy atom. The fraction of sp³-hybridized carbons (Fsp3) is 0.167. The van der Waals surface area contributed by atoms with Crippen LogP contribution in [0.5, 0.6) is 0 Å². The Kier molecular flexibility index (Phi) is 1.73. The van der Waals surface area contributed by atoms with E-state index in [2.05, 4.69) is 4.98 Å². The predicted octanol–water partition coefficient (Wildman–Crippen LogP) is 2.39. The number of nitrogens with zero attached hydrogens (tertiary/aromatic N) is 1. The zero-order valence-corrected chi connectivity index (χ0v) is 6.04. The van der Waals surface area contributed by atoms with Crippen LogP contribution in [0.4, 0.5) is 13.2 Å². The van der Waals surface area contributed by atoms with Crippen LogP contribution in [0.3, 0.4) is 0 Å². The molecule has 60 valence electrons. The fourth-order valence-corrected chi connectivity index (χ4v) is 0.850. The molecule has 1 heterocycles. The maximum Gasteiger partial charge on any atom is 0.434 e. The molecular formula is C6H4F3NS. The SMILES string of the molecule is [2H]Sc1cccnc1C(F)(F)F. The molecule has 0 bridgehead atoms. The zero-order chi connectivity index (χ0) is 9.19. The van der Waals surface area contributed by atoms with E-state index >= 15 is 0 Å². The van der Waals surface area contributed by atoms with Gasteiger partial charge in [0.05, 0.1) is 0 Å². The second-order valence-corrected chi connectivity index (χ2v) is 2.29. The summed E-state index contributed by atoms with van der Waals surface area (Å²) in [5, 5.41) is 0. The molecule has 0 spiro atoms. The third kappa shape index (κ3) is 1.86. The molecule has 0 aliphatic carbocycles. The number of aromatic nitrogens is 1. The van der Waals surface area contributed by atoms with Crippen LogP contribution < -0.4 is 0 Å². The Hall–Kier alpha value is -0.710. The zero-order valence-electron chi connectivity index (χ0n) is 6.22. The fourth-order valence-electron chi connectivity index (χ4n) is 0.603. The molecule has 0 aliphatic rings. The molecule has 11 heavy (non-hydrogen) atoms. The summed E-state index contributed by atoms with van der Waals surface area (Å²) in [4.78, 5) is 2.98. The van der Waals surface area contributed by atoms with Gasteiger partial charge in [0.25, 0.3) is 0 Å². The molecule has 0 saturated carbocycles. The van der Waals surface area contributed by atoms with Gasteiger partial charge in [0.1, 0.15) is 1.12 Å². The van der Waals surface area contributed by atoms with Crippen molar-refractivity contribution in [2.24, 2.45) is 0 Å². The average Bonchev–Trinajstić information content (AvgIpc) is 2.03. The molecule has 0 atom stereocenters. The smallest absolute Gasteiger partial charge is 0.251 e. The van der Waals surface area contributed by atoms with Crippen LogP contribution in [0.2, 0.25) is 0 Å². The minimum absolute atomic E-state index is 0.176. The normalized spacial score (nSPS) is 12.8. The van der Waals surface area contributed by atoms with Crippen molar-refractivity contribution in [3.05, 3.63) is 24.0 Å². The molecule has 0 aliphatic heterocycles. The highest BCUT2D eigenvalue weighted by molar-refractivity contribution is 7.80. The first-order chi connectivity index (χ1) is 5.55. The molecule has 0 saturated heterocycles. The summed E-state index contributed by atoms with van der Waals surface area (Å²) in [6.07, 6.45) is -3.41. The lowest BCUT2D eigenvalue weighted by molar-refractivity contribution is -0.143. The van der Waals surface area contributed by atoms with Gasteiger partial charge in [0, 0.05) is 11.1 Å². The van der Waals surface area contributed by atoms with Gasteiger partial charge in [-0.3, -0.25) is 4.98 Å². The minimum atomic E-state index is -4.47. The van der Waals surface area contributed by atoms with Crippen molar-refractivity contribution < 1.29 is 13.2 Å². The van der Waals surface area contributed by atoms with Gasteiger partial charge < -0.3 is 0 Å². The van der Waals surface area contributed by atoms with Gasteiger partial charge in [-0.1, -0.05) is 0 Å². The van der Waals surface area contributed by atoms with Gasteiger partial charge in [0.15, 0.2) is 5.69 Å². The van der Waals surface area contributed by atoms with Crippen LogP contribution in [0, 0.1) is 0 Å². The standard InChI is InChI=1S/C6H4F3NS/c7-6(8,9)5-4(11)2-1-3-10-5/h1-3,11H/i/hD. The van der Waals surface area contributed by atoms with Crippen LogP contribution in [-0.2, 0) is 6.18 Å². The van der Waals surface area contributed by atoms with Crippen molar-refractivity contribution in [1.29, 1.82) is 1.12 Å². The molecule has 0 N–H and O–H groups in total. The van der Waals surface area contributed by atoms with Crippen molar-refractivity contribution in [3.63, 3.8) is 0 Å². The van der Waals surface area contributed by atoms with Crippen molar-refractivity contribution in [2.75, 3.05) is 0 Å². The summed E-state index contributed by atoms with van der Waals surface area (Å²) < 4.78 is 43.0. The summed E-state index contributed by atoms with van der Waals surface area (Å²) in [7, 11) is 0. The van der Waals surface area contributed by atoms with E-state index in [1.165, 1.54) is 12.1 Å². The number of alkyl halides is 3. The van der Waals surface area contributed by atoms with Gasteiger partial charge in [-0.15, -0.1) is 12.5 Å². The summed E-state index contributed by atoms with van der Waals surface area (Å²) >= 11 is 0.290. The van der Waals surface area contributed by atoms with E-state index in [1.807, 2.05) is 0 Å². The van der Waals surface area contributed by atoms with Gasteiger partial charge in [-0.25, -0.2) is 0 Å². The summed E-state index contributed by atoms with van der Waals surface area (Å²) in [5.41, 5.74) is -0.995. The highest BCUT2D eigenvalue weighted by atomic mass is 32.1. The Morgan fingerprint density at radius 1 is 1.55 bits per heavy atom. The third-order valence-corrected chi connectivity index (χ3v) is 1.37. The van der Waals surface area contributed by atoms with Crippen molar-refractivity contribution >= 4 is 12.5 Å². The lowest BCUT2D eigenvalue weighted by Crippen LogP contribution is -2.08. The molecular weight excluding hydrogens is 175 g/mol. The largest absolute Gasteiger partial charge is 0.434 e. The number of thiol groups is 1. The average molecular weight is 180 g/mol. The number of hydrogen-bond donors (Lipinski definition) is 1. The van der Waals surface area contributed by atoms with Gasteiger partial charge in [-0.2, -0.15) is 13.2 Å². The molecule has 0 amide bonds. The molecule has 0 aromatic carbocycles. The summed E-state index contributed by atoms with van der Waals surface area (Å²) in [5.74, 6) is 0. The minimum Gasteiger partial charge on any atom is -0.251 e. The number of pyridine rings is 1. The van der Waals surface area contributed by atoms with Crippen LogP contribution in [0.1, 0.15) is 5.69 Å². The first kappa shape index (κ1) is 6.97. The van der Waals surface area contributed by atoms with Crippen LogP contribution in [0.15, 0.2) is 23.2 Å². The second kappa shape index (κ2) is 2.73. The van der Waals surface area contributed by atoms with Crippen LogP contribution in [-0.4, -0.2) is 6.11 Å². The Morgan fingerprint density at radius 2 is 2.27 bits per heavy atom. The summed E-state index contributed by atoms with van der Waals surface area (Å²) in [6, 6.07) is 2.58. The topological polar surface area (TPSA) is 12.9 Å². The Bertz CT molecular complexity index is 276. The van der Waals surface area contributed by atoms with E-state index < -0.39 is 11.9 Å². The van der Waals surface area contributed by atoms with E-state index in [0.29, 0.717) is 0 Å². The van der Waals surface area contributed by atoms with Crippen LogP contribution >= 0.6 is 12.5 Å². The molecule has 1 nitrogen and oxygen atoms in total. The molecule has 1 rings (SSSR count). The second-order valence-electron chi connectivity index (χ2n) is 1.85. The highest BCUT2D eigenvalue weighted by Crippen LogP contribution is 2.31. The first-order valence-electron chi connectivity index (χ1n) is 3.12. The molecule has 1 aromatic rings. The van der Waals surface area contributed by atoms with E-state index in [0.717, 1.165) is 6.20 Å². The maximum absolute atomic E-state index is 12.1. The monoisotopic (exact) mass is 180 g/mol. The van der Waals surface area contributed by atoms with Crippen molar-refractivity contribution in [2.45, 2.75) is 11.1 Å². The molecule has 1 aromatic heterocycles. The van der Waals surface area contributed by atoms with Crippen molar-refractivity contribution in [1.82, 2.24) is 4.98 Å². The van der Waals surface area contributed by atoms with Crippen molar-refractivity contribution in [3.8, 4) is 0 Å². The molecule has 0 fully saturated rings. The van der Waals surface area contributed by atoms with E-state index in [1.54, 1.807) is 0 Å². The number of hydrogen-bond acceptors (Lipinski definition) is 2. The highest BCUT2D eigenvalue weighted by Gasteiger charge is 2.34. The van der Waals surface area contributed by atoms with E-state index in [4.69, 9.17) is 1.12 Å². The van der Waals surface area contributed by atoms with Crippen LogP contribution in [0.25, 0.3) is 0 Å². The molecule has 0 unspecified atom stereocenters. The summed E-state index contributed by atoms with van der Waals surface area (Å²) in [6.45, 7) is 0. The van der Waals surface area contributed by atoms with Gasteiger partial charge in [0.2, 0.25) is 0 Å². The van der Waals surface area contributed by atoms with E-state index in [-0.39, 0.29) is 17.4 Å². The van der Waals surface area contributed by atoms with E-state index in [9.17, 15) is 13.2 Å². The Labute approximate surface area is 67.8 Å². The number of rotatable bonds is 1. The third-order valence-electron chi connectivity index (χ3n) is 1.04. The molecule has 0 radical (unpaired) electrons. The lowest BCUT2D eigenvalue weighted by atomic mass is 10.3. The maximum atomic E-state index is 12.1. The van der Waals surface area contributed by atoms with Gasteiger partial charge >= 0.3 is 6.18 Å².